The van der Waals surface area contributed by atoms with Crippen molar-refractivity contribution in [1.82, 2.24) is 0 Å². The maximum Gasteiger partial charge on any atom is 0.125 e. The van der Waals surface area contributed by atoms with E-state index in [1.54, 1.807) is 6.07 Å². The van der Waals surface area contributed by atoms with Crippen LogP contribution in [0.3, 0.4) is 0 Å². The summed E-state index contributed by atoms with van der Waals surface area (Å²) in [6.45, 7) is 2.25. The Morgan fingerprint density at radius 3 is 2.72 bits per heavy atom. The molecular formula is C14H20FNO2. The molecule has 0 spiro atoms. The summed E-state index contributed by atoms with van der Waals surface area (Å²) in [6.07, 6.45) is 1.70. The lowest BCUT2D eigenvalue weighted by molar-refractivity contribution is -0.0113. The number of halogens is 1. The van der Waals surface area contributed by atoms with Crippen LogP contribution in [-0.4, -0.2) is 38.5 Å². The van der Waals surface area contributed by atoms with Gasteiger partial charge in [0.15, 0.2) is 0 Å². The van der Waals surface area contributed by atoms with Gasteiger partial charge in [-0.05, 0) is 31.0 Å². The van der Waals surface area contributed by atoms with Crippen LogP contribution in [0.15, 0.2) is 24.3 Å². The van der Waals surface area contributed by atoms with E-state index >= 15 is 0 Å². The summed E-state index contributed by atoms with van der Waals surface area (Å²) in [5, 5.41) is 9.64. The highest BCUT2D eigenvalue weighted by Gasteiger charge is 2.33. The molecule has 4 heteroatoms. The molecule has 0 saturated carbocycles. The van der Waals surface area contributed by atoms with Crippen molar-refractivity contribution in [2.45, 2.75) is 12.8 Å². The summed E-state index contributed by atoms with van der Waals surface area (Å²) in [5.74, 6) is -0.232. The molecule has 1 saturated heterocycles. The third kappa shape index (κ3) is 3.00. The minimum Gasteiger partial charge on any atom is -0.396 e. The molecule has 0 unspecified atom stereocenters. The molecule has 1 aromatic rings. The molecule has 0 radical (unpaired) electrons. The number of rotatable bonds is 4. The fourth-order valence-corrected chi connectivity index (χ4v) is 2.48. The summed E-state index contributed by atoms with van der Waals surface area (Å²) >= 11 is 0. The predicted octanol–water partition coefficient (Wildman–Crippen LogP) is 2.05. The number of aliphatic hydroxyl groups excluding tert-OH is 1. The molecule has 0 aromatic heterocycles. The third-order valence-electron chi connectivity index (χ3n) is 3.71. The third-order valence-corrected chi connectivity index (χ3v) is 3.71. The molecule has 18 heavy (non-hydrogen) atoms. The Kier molecular flexibility index (Phi) is 4.19. The predicted molar refractivity (Wildman–Crippen MR) is 69.2 cm³/mol. The molecule has 0 aliphatic carbocycles. The first-order chi connectivity index (χ1) is 8.65. The molecule has 2 rings (SSSR count). The smallest absolute Gasteiger partial charge is 0.125 e. The van der Waals surface area contributed by atoms with Gasteiger partial charge in [-0.2, -0.15) is 0 Å². The van der Waals surface area contributed by atoms with E-state index in [2.05, 4.69) is 0 Å². The van der Waals surface area contributed by atoms with Gasteiger partial charge in [0.25, 0.3) is 0 Å². The minimum atomic E-state index is -0.232. The molecule has 1 heterocycles. The van der Waals surface area contributed by atoms with E-state index in [1.807, 2.05) is 18.0 Å². The van der Waals surface area contributed by atoms with Gasteiger partial charge in [0.2, 0.25) is 0 Å². The second-order valence-corrected chi connectivity index (χ2v) is 5.11. The molecule has 1 fully saturated rings. The van der Waals surface area contributed by atoms with Crippen molar-refractivity contribution in [3.05, 3.63) is 30.1 Å². The summed E-state index contributed by atoms with van der Waals surface area (Å²) in [5.41, 5.74) is 0.716. The molecule has 1 aliphatic heterocycles. The van der Waals surface area contributed by atoms with E-state index in [-0.39, 0.29) is 17.8 Å². The lowest BCUT2D eigenvalue weighted by Gasteiger charge is -2.39. The number of hydrogen-bond acceptors (Lipinski definition) is 3. The van der Waals surface area contributed by atoms with E-state index in [9.17, 15) is 9.50 Å². The van der Waals surface area contributed by atoms with E-state index in [0.29, 0.717) is 13.2 Å². The Morgan fingerprint density at radius 1 is 1.39 bits per heavy atom. The van der Waals surface area contributed by atoms with E-state index in [0.717, 1.165) is 25.1 Å². The second-order valence-electron chi connectivity index (χ2n) is 5.11. The Bertz CT molecular complexity index is 391. The van der Waals surface area contributed by atoms with Crippen LogP contribution in [0.25, 0.3) is 0 Å². The molecule has 100 valence electrons. The quantitative estimate of drug-likeness (QED) is 0.891. The van der Waals surface area contributed by atoms with E-state index < -0.39 is 0 Å². The first kappa shape index (κ1) is 13.3. The number of ether oxygens (including phenoxy) is 1. The molecule has 0 bridgehead atoms. The monoisotopic (exact) mass is 253 g/mol. The number of nitrogens with zero attached hydrogens (tertiary/aromatic N) is 1. The highest BCUT2D eigenvalue weighted by molar-refractivity contribution is 5.45. The van der Waals surface area contributed by atoms with Gasteiger partial charge >= 0.3 is 0 Å². The average molecular weight is 253 g/mol. The number of benzene rings is 1. The van der Waals surface area contributed by atoms with Crippen LogP contribution in [-0.2, 0) is 4.74 Å². The van der Waals surface area contributed by atoms with E-state index in [1.165, 1.54) is 12.1 Å². The lowest BCUT2D eigenvalue weighted by atomic mass is 9.80. The SMILES string of the molecule is CN(CC1(CO)CCOCC1)c1cccc(F)c1. The molecule has 1 N–H and O–H groups in total. The maximum atomic E-state index is 13.2. The van der Waals surface area contributed by atoms with Crippen molar-refractivity contribution >= 4 is 5.69 Å². The number of hydrogen-bond donors (Lipinski definition) is 1. The summed E-state index contributed by atoms with van der Waals surface area (Å²) in [4.78, 5) is 2.00. The summed E-state index contributed by atoms with van der Waals surface area (Å²) in [7, 11) is 1.93. The molecule has 1 aromatic carbocycles. The molecule has 1 aliphatic rings. The van der Waals surface area contributed by atoms with Gasteiger partial charge in [-0.15, -0.1) is 0 Å². The van der Waals surface area contributed by atoms with Crippen LogP contribution in [0.5, 0.6) is 0 Å². The van der Waals surface area contributed by atoms with Crippen LogP contribution < -0.4 is 4.90 Å². The van der Waals surface area contributed by atoms with Gasteiger partial charge in [-0.25, -0.2) is 4.39 Å². The first-order valence-corrected chi connectivity index (χ1v) is 6.31. The lowest BCUT2D eigenvalue weighted by Crippen LogP contribution is -2.42. The van der Waals surface area contributed by atoms with Crippen molar-refractivity contribution in [1.29, 1.82) is 0 Å². The van der Waals surface area contributed by atoms with Crippen molar-refractivity contribution < 1.29 is 14.2 Å². The fourth-order valence-electron chi connectivity index (χ4n) is 2.48. The van der Waals surface area contributed by atoms with Crippen molar-refractivity contribution in [2.75, 3.05) is 38.3 Å². The van der Waals surface area contributed by atoms with Gasteiger partial charge < -0.3 is 14.7 Å². The minimum absolute atomic E-state index is 0.126. The van der Waals surface area contributed by atoms with Crippen LogP contribution in [0.4, 0.5) is 10.1 Å². The molecular weight excluding hydrogens is 233 g/mol. The Labute approximate surface area is 107 Å². The van der Waals surface area contributed by atoms with Gasteiger partial charge in [-0.3, -0.25) is 0 Å². The first-order valence-electron chi connectivity index (χ1n) is 6.31. The second kappa shape index (κ2) is 5.67. The number of aliphatic hydroxyl groups is 1. The average Bonchev–Trinajstić information content (AvgIpc) is 2.40. The Morgan fingerprint density at radius 2 is 2.11 bits per heavy atom. The zero-order valence-electron chi connectivity index (χ0n) is 10.7. The summed E-state index contributed by atoms with van der Waals surface area (Å²) in [6, 6.07) is 6.54. The van der Waals surface area contributed by atoms with Crippen LogP contribution in [0.2, 0.25) is 0 Å². The largest absolute Gasteiger partial charge is 0.396 e. The maximum absolute atomic E-state index is 13.2. The molecule has 0 atom stereocenters. The normalized spacial score (nSPS) is 18.6. The highest BCUT2D eigenvalue weighted by atomic mass is 19.1. The van der Waals surface area contributed by atoms with Gasteiger partial charge in [0, 0.05) is 37.9 Å². The number of anilines is 1. The van der Waals surface area contributed by atoms with Crippen molar-refractivity contribution in [2.24, 2.45) is 5.41 Å². The van der Waals surface area contributed by atoms with Crippen molar-refractivity contribution in [3.8, 4) is 0 Å². The van der Waals surface area contributed by atoms with Gasteiger partial charge in [0.05, 0.1) is 6.61 Å². The molecule has 0 amide bonds. The van der Waals surface area contributed by atoms with Crippen LogP contribution >= 0.6 is 0 Å². The fraction of sp³-hybridized carbons (Fsp3) is 0.571. The van der Waals surface area contributed by atoms with Crippen LogP contribution in [0.1, 0.15) is 12.8 Å². The van der Waals surface area contributed by atoms with E-state index in [4.69, 9.17) is 4.74 Å². The highest BCUT2D eigenvalue weighted by Crippen LogP contribution is 2.32. The summed E-state index contributed by atoms with van der Waals surface area (Å²) < 4.78 is 18.5. The Hall–Kier alpha value is -1.13. The van der Waals surface area contributed by atoms with Gasteiger partial charge in [-0.1, -0.05) is 6.07 Å². The molecule has 3 nitrogen and oxygen atoms in total. The van der Waals surface area contributed by atoms with Crippen LogP contribution in [0, 0.1) is 11.2 Å². The topological polar surface area (TPSA) is 32.7 Å². The van der Waals surface area contributed by atoms with Gasteiger partial charge in [0.1, 0.15) is 5.82 Å². The zero-order chi connectivity index (χ0) is 13.0. The standard InChI is InChI=1S/C14H20FNO2/c1-16(13-4-2-3-12(15)9-13)10-14(11-17)5-7-18-8-6-14/h2-4,9,17H,5-8,10-11H2,1H3. The zero-order valence-corrected chi connectivity index (χ0v) is 10.7. The van der Waals surface area contributed by atoms with Crippen molar-refractivity contribution in [3.63, 3.8) is 0 Å². The Balaban J connectivity index is 2.07.